The highest BCUT2D eigenvalue weighted by Crippen LogP contribution is 2.25. The lowest BCUT2D eigenvalue weighted by molar-refractivity contribution is -0.130. The minimum atomic E-state index is -0.331. The lowest BCUT2D eigenvalue weighted by atomic mass is 10.1. The van der Waals surface area contributed by atoms with Crippen LogP contribution in [0.1, 0.15) is 16.0 Å². The first-order valence-corrected chi connectivity index (χ1v) is 7.76. The van der Waals surface area contributed by atoms with Gasteiger partial charge in [-0.2, -0.15) is 0 Å². The molecule has 0 bridgehead atoms. The average molecular weight is 344 g/mol. The van der Waals surface area contributed by atoms with Crippen molar-refractivity contribution in [3.05, 3.63) is 84.4 Å². The fraction of sp³-hybridized carbons (Fsp3) is 0.167. The Morgan fingerprint density at radius 3 is 2.24 bits per heavy atom. The van der Waals surface area contributed by atoms with E-state index < -0.39 is 0 Å². The number of rotatable bonds is 6. The summed E-state index contributed by atoms with van der Waals surface area (Å²) in [5.74, 6) is 0.0463. The third kappa shape index (κ3) is 4.30. The lowest BCUT2D eigenvalue weighted by Crippen LogP contribution is -2.33. The van der Waals surface area contributed by atoms with Gasteiger partial charge in [-0.05, 0) is 11.1 Å². The van der Waals surface area contributed by atoms with Crippen molar-refractivity contribution in [3.63, 3.8) is 0 Å². The lowest BCUT2D eigenvalue weighted by Gasteiger charge is -2.24. The molecule has 0 spiro atoms. The fourth-order valence-corrected chi connectivity index (χ4v) is 2.71. The van der Waals surface area contributed by atoms with Crippen LogP contribution in [-0.4, -0.2) is 17.4 Å². The van der Waals surface area contributed by atoms with Crippen molar-refractivity contribution in [3.8, 4) is 0 Å². The number of halogens is 1. The second-order valence-corrected chi connectivity index (χ2v) is 5.68. The second-order valence-electron chi connectivity index (χ2n) is 4.77. The van der Waals surface area contributed by atoms with Crippen molar-refractivity contribution < 1.29 is 4.79 Å². The predicted octanol–water partition coefficient (Wildman–Crippen LogP) is 4.34. The highest BCUT2D eigenvalue weighted by atomic mass is 79.9. The first-order valence-electron chi connectivity index (χ1n) is 6.85. The summed E-state index contributed by atoms with van der Waals surface area (Å²) < 4.78 is 0. The van der Waals surface area contributed by atoms with Gasteiger partial charge in [0.05, 0.1) is 0 Å². The number of hydrogen-bond donors (Lipinski definition) is 0. The van der Waals surface area contributed by atoms with Gasteiger partial charge in [-0.25, -0.2) is 0 Å². The van der Waals surface area contributed by atoms with Crippen molar-refractivity contribution in [1.82, 2.24) is 4.90 Å². The molecule has 2 aromatic carbocycles. The van der Waals surface area contributed by atoms with Crippen molar-refractivity contribution in [2.24, 2.45) is 0 Å². The van der Waals surface area contributed by atoms with Crippen LogP contribution in [0.25, 0.3) is 0 Å². The molecule has 0 aliphatic rings. The zero-order valence-electron chi connectivity index (χ0n) is 11.8. The molecule has 3 heteroatoms. The molecular weight excluding hydrogens is 326 g/mol. The molecule has 2 rings (SSSR count). The standard InChI is InChI=1S/C18H18BrNO/c1-2-13-20(14-15-9-5-3-6-10-15)18(21)17(19)16-11-7-4-8-12-16/h2-12,17H,1,13-14H2. The van der Waals surface area contributed by atoms with Crippen molar-refractivity contribution in [2.75, 3.05) is 6.54 Å². The van der Waals surface area contributed by atoms with E-state index in [-0.39, 0.29) is 10.7 Å². The van der Waals surface area contributed by atoms with Crippen LogP contribution >= 0.6 is 15.9 Å². The van der Waals surface area contributed by atoms with Gasteiger partial charge in [-0.15, -0.1) is 6.58 Å². The van der Waals surface area contributed by atoms with Crippen molar-refractivity contribution >= 4 is 21.8 Å². The molecule has 1 amide bonds. The number of amides is 1. The number of carbonyl (C=O) groups is 1. The molecule has 2 nitrogen and oxygen atoms in total. The molecule has 0 radical (unpaired) electrons. The maximum Gasteiger partial charge on any atom is 0.241 e. The summed E-state index contributed by atoms with van der Waals surface area (Å²) in [6.07, 6.45) is 1.76. The van der Waals surface area contributed by atoms with E-state index >= 15 is 0 Å². The summed E-state index contributed by atoms with van der Waals surface area (Å²) >= 11 is 3.51. The van der Waals surface area contributed by atoms with Crippen LogP contribution in [0.3, 0.4) is 0 Å². The topological polar surface area (TPSA) is 20.3 Å². The van der Waals surface area contributed by atoms with Crippen LogP contribution in [0, 0.1) is 0 Å². The van der Waals surface area contributed by atoms with Crippen LogP contribution in [0.4, 0.5) is 0 Å². The molecule has 0 N–H and O–H groups in total. The molecule has 108 valence electrons. The number of hydrogen-bond acceptors (Lipinski definition) is 1. The van der Waals surface area contributed by atoms with E-state index in [4.69, 9.17) is 0 Å². The van der Waals surface area contributed by atoms with Crippen LogP contribution in [-0.2, 0) is 11.3 Å². The Morgan fingerprint density at radius 1 is 1.10 bits per heavy atom. The van der Waals surface area contributed by atoms with E-state index in [1.807, 2.05) is 60.7 Å². The van der Waals surface area contributed by atoms with Crippen LogP contribution in [0.2, 0.25) is 0 Å². The second kappa shape index (κ2) is 7.79. The molecule has 0 aliphatic carbocycles. The third-order valence-electron chi connectivity index (χ3n) is 3.19. The number of alkyl halides is 1. The van der Waals surface area contributed by atoms with Gasteiger partial charge in [0.2, 0.25) is 5.91 Å². The molecule has 1 atom stereocenters. The van der Waals surface area contributed by atoms with Gasteiger partial charge < -0.3 is 4.90 Å². The molecule has 0 aromatic heterocycles. The number of nitrogens with zero attached hydrogens (tertiary/aromatic N) is 1. The first kappa shape index (κ1) is 15.5. The Hall–Kier alpha value is -1.87. The summed E-state index contributed by atoms with van der Waals surface area (Å²) in [7, 11) is 0. The molecule has 0 saturated carbocycles. The van der Waals surface area contributed by atoms with E-state index in [1.54, 1.807) is 11.0 Å². The zero-order chi connectivity index (χ0) is 15.1. The molecular formula is C18H18BrNO. The van der Waals surface area contributed by atoms with E-state index in [1.165, 1.54) is 0 Å². The molecule has 0 fully saturated rings. The fourth-order valence-electron chi connectivity index (χ4n) is 2.12. The van der Waals surface area contributed by atoms with Crippen molar-refractivity contribution in [1.29, 1.82) is 0 Å². The Bertz CT molecular complexity index is 583. The van der Waals surface area contributed by atoms with Crippen LogP contribution in [0.5, 0.6) is 0 Å². The minimum absolute atomic E-state index is 0.0463. The molecule has 0 saturated heterocycles. The highest BCUT2D eigenvalue weighted by Gasteiger charge is 2.22. The molecule has 21 heavy (non-hydrogen) atoms. The summed E-state index contributed by atoms with van der Waals surface area (Å²) in [4.78, 5) is 14.1. The summed E-state index contributed by atoms with van der Waals surface area (Å²) in [5.41, 5.74) is 2.07. The maximum absolute atomic E-state index is 12.7. The summed E-state index contributed by atoms with van der Waals surface area (Å²) in [6.45, 7) is 4.86. The minimum Gasteiger partial charge on any atom is -0.333 e. The average Bonchev–Trinajstić information content (AvgIpc) is 2.55. The first-order chi connectivity index (χ1) is 10.2. The van der Waals surface area contributed by atoms with Gasteiger partial charge >= 0.3 is 0 Å². The van der Waals surface area contributed by atoms with Gasteiger partial charge in [-0.3, -0.25) is 4.79 Å². The summed E-state index contributed by atoms with van der Waals surface area (Å²) in [5, 5.41) is 0. The highest BCUT2D eigenvalue weighted by molar-refractivity contribution is 9.09. The van der Waals surface area contributed by atoms with Gasteiger partial charge in [-0.1, -0.05) is 82.7 Å². The Morgan fingerprint density at radius 2 is 1.67 bits per heavy atom. The Labute approximate surface area is 134 Å². The van der Waals surface area contributed by atoms with E-state index in [9.17, 15) is 4.79 Å². The SMILES string of the molecule is C=CCN(Cc1ccccc1)C(=O)C(Br)c1ccccc1. The molecule has 0 heterocycles. The monoisotopic (exact) mass is 343 g/mol. The molecule has 2 aromatic rings. The van der Waals surface area contributed by atoms with E-state index in [0.717, 1.165) is 11.1 Å². The normalized spacial score (nSPS) is 11.7. The molecule has 1 unspecified atom stereocenters. The van der Waals surface area contributed by atoms with E-state index in [0.29, 0.717) is 13.1 Å². The zero-order valence-corrected chi connectivity index (χ0v) is 13.4. The quantitative estimate of drug-likeness (QED) is 0.564. The molecule has 0 aliphatic heterocycles. The van der Waals surface area contributed by atoms with Crippen LogP contribution in [0.15, 0.2) is 73.3 Å². The third-order valence-corrected chi connectivity index (χ3v) is 4.11. The Balaban J connectivity index is 2.14. The van der Waals surface area contributed by atoms with Gasteiger partial charge in [0.15, 0.2) is 0 Å². The van der Waals surface area contributed by atoms with Gasteiger partial charge in [0, 0.05) is 13.1 Å². The van der Waals surface area contributed by atoms with Gasteiger partial charge in [0.25, 0.3) is 0 Å². The van der Waals surface area contributed by atoms with Crippen molar-refractivity contribution in [2.45, 2.75) is 11.4 Å². The smallest absolute Gasteiger partial charge is 0.241 e. The number of carbonyl (C=O) groups excluding carboxylic acids is 1. The van der Waals surface area contributed by atoms with Crippen LogP contribution < -0.4 is 0 Å². The van der Waals surface area contributed by atoms with Gasteiger partial charge in [0.1, 0.15) is 4.83 Å². The summed E-state index contributed by atoms with van der Waals surface area (Å²) in [6, 6.07) is 19.7. The maximum atomic E-state index is 12.7. The Kier molecular flexibility index (Phi) is 5.76. The number of benzene rings is 2. The predicted molar refractivity (Wildman–Crippen MR) is 90.2 cm³/mol. The largest absolute Gasteiger partial charge is 0.333 e. The van der Waals surface area contributed by atoms with E-state index in [2.05, 4.69) is 22.5 Å².